The number of nitrogens with zero attached hydrogens (tertiary/aromatic N) is 1. The third-order valence-electron chi connectivity index (χ3n) is 3.15. The molecule has 78 valence electrons. The molecule has 0 bridgehead atoms. The summed E-state index contributed by atoms with van der Waals surface area (Å²) in [5.41, 5.74) is 6.16. The van der Waals surface area contributed by atoms with Crippen LogP contribution in [0.5, 0.6) is 0 Å². The first kappa shape index (κ1) is 11.0. The van der Waals surface area contributed by atoms with Crippen LogP contribution < -0.4 is 5.73 Å². The Hall–Kier alpha value is -0.0800. The number of rotatable bonds is 4. The number of hydrogen-bond donors (Lipinski definition) is 1. The van der Waals surface area contributed by atoms with Gasteiger partial charge < -0.3 is 10.6 Å². The van der Waals surface area contributed by atoms with E-state index in [0.717, 1.165) is 12.5 Å². The Morgan fingerprint density at radius 1 is 1.46 bits per heavy atom. The zero-order valence-electron chi connectivity index (χ0n) is 9.34. The highest BCUT2D eigenvalue weighted by Crippen LogP contribution is 2.28. The van der Waals surface area contributed by atoms with Gasteiger partial charge in [0.05, 0.1) is 0 Å². The highest BCUT2D eigenvalue weighted by molar-refractivity contribution is 4.86. The summed E-state index contributed by atoms with van der Waals surface area (Å²) in [5, 5.41) is 0. The van der Waals surface area contributed by atoms with E-state index in [-0.39, 0.29) is 0 Å². The van der Waals surface area contributed by atoms with Crippen LogP contribution in [0.25, 0.3) is 0 Å². The van der Waals surface area contributed by atoms with Crippen molar-refractivity contribution in [2.45, 2.75) is 33.6 Å². The summed E-state index contributed by atoms with van der Waals surface area (Å²) < 4.78 is 0. The van der Waals surface area contributed by atoms with Crippen LogP contribution in [0.15, 0.2) is 0 Å². The topological polar surface area (TPSA) is 29.3 Å². The van der Waals surface area contributed by atoms with Crippen molar-refractivity contribution in [3.05, 3.63) is 0 Å². The van der Waals surface area contributed by atoms with Crippen molar-refractivity contribution < 1.29 is 0 Å². The van der Waals surface area contributed by atoms with Gasteiger partial charge in [0, 0.05) is 6.54 Å². The fraction of sp³-hybridized carbons (Fsp3) is 1.00. The summed E-state index contributed by atoms with van der Waals surface area (Å²) in [7, 11) is 0. The van der Waals surface area contributed by atoms with Crippen molar-refractivity contribution in [3.8, 4) is 0 Å². The van der Waals surface area contributed by atoms with Crippen LogP contribution in [0.3, 0.4) is 0 Å². The largest absolute Gasteiger partial charge is 0.330 e. The van der Waals surface area contributed by atoms with Crippen LogP contribution in [0.4, 0.5) is 0 Å². The van der Waals surface area contributed by atoms with Gasteiger partial charge in [-0.25, -0.2) is 0 Å². The highest BCUT2D eigenvalue weighted by Gasteiger charge is 2.31. The molecule has 0 saturated carbocycles. The molecule has 2 nitrogen and oxygen atoms in total. The lowest BCUT2D eigenvalue weighted by atomic mass is 9.90. The Bertz CT molecular complexity index is 156. The average molecular weight is 184 g/mol. The van der Waals surface area contributed by atoms with Crippen LogP contribution in [0.1, 0.15) is 33.6 Å². The van der Waals surface area contributed by atoms with E-state index in [1.165, 1.54) is 32.5 Å². The molecule has 1 aliphatic rings. The minimum atomic E-state index is 0.400. The molecule has 1 saturated heterocycles. The third-order valence-corrected chi connectivity index (χ3v) is 3.15. The second-order valence-corrected chi connectivity index (χ2v) is 5.22. The molecule has 0 aliphatic carbocycles. The molecule has 1 heterocycles. The van der Waals surface area contributed by atoms with Crippen LogP contribution >= 0.6 is 0 Å². The van der Waals surface area contributed by atoms with Gasteiger partial charge in [-0.2, -0.15) is 0 Å². The summed E-state index contributed by atoms with van der Waals surface area (Å²) in [4.78, 5) is 2.56. The predicted octanol–water partition coefficient (Wildman–Crippen LogP) is 1.70. The first-order chi connectivity index (χ1) is 6.06. The Labute approximate surface area is 82.5 Å². The molecule has 0 aromatic rings. The molecule has 0 spiro atoms. The summed E-state index contributed by atoms with van der Waals surface area (Å²) in [5.74, 6) is 0.824. The molecule has 0 aromatic carbocycles. The van der Waals surface area contributed by atoms with Crippen molar-refractivity contribution in [2.24, 2.45) is 17.1 Å². The van der Waals surface area contributed by atoms with Crippen LogP contribution in [0, 0.1) is 11.3 Å². The SMILES string of the molecule is CC(C)CCN1CCC(C)(CN)C1. The second-order valence-electron chi connectivity index (χ2n) is 5.22. The van der Waals surface area contributed by atoms with Crippen molar-refractivity contribution in [2.75, 3.05) is 26.2 Å². The lowest BCUT2D eigenvalue weighted by molar-refractivity contribution is 0.267. The molecular formula is C11H24N2. The molecule has 2 N–H and O–H groups in total. The van der Waals surface area contributed by atoms with Gasteiger partial charge in [0.2, 0.25) is 0 Å². The number of likely N-dealkylation sites (tertiary alicyclic amines) is 1. The fourth-order valence-electron chi connectivity index (χ4n) is 1.92. The average Bonchev–Trinajstić information content (AvgIpc) is 2.45. The maximum atomic E-state index is 5.76. The monoisotopic (exact) mass is 184 g/mol. The molecule has 13 heavy (non-hydrogen) atoms. The summed E-state index contributed by atoms with van der Waals surface area (Å²) in [6.45, 7) is 11.4. The summed E-state index contributed by atoms with van der Waals surface area (Å²) >= 11 is 0. The summed E-state index contributed by atoms with van der Waals surface area (Å²) in [6, 6.07) is 0. The first-order valence-corrected chi connectivity index (χ1v) is 5.48. The van der Waals surface area contributed by atoms with E-state index in [1.807, 2.05) is 0 Å². The number of hydrogen-bond acceptors (Lipinski definition) is 2. The van der Waals surface area contributed by atoms with Gasteiger partial charge in [-0.1, -0.05) is 20.8 Å². The Morgan fingerprint density at radius 3 is 2.62 bits per heavy atom. The van der Waals surface area contributed by atoms with Gasteiger partial charge in [-0.15, -0.1) is 0 Å². The molecule has 0 radical (unpaired) electrons. The second kappa shape index (κ2) is 4.43. The first-order valence-electron chi connectivity index (χ1n) is 5.48. The van der Waals surface area contributed by atoms with Crippen molar-refractivity contribution in [3.63, 3.8) is 0 Å². The lowest BCUT2D eigenvalue weighted by Crippen LogP contribution is -2.31. The normalized spacial score (nSPS) is 30.2. The molecule has 1 aliphatic heterocycles. The molecule has 0 amide bonds. The van der Waals surface area contributed by atoms with E-state index in [1.54, 1.807) is 0 Å². The maximum Gasteiger partial charge on any atom is 0.00479 e. The van der Waals surface area contributed by atoms with E-state index >= 15 is 0 Å². The standard InChI is InChI=1S/C11H24N2/c1-10(2)4-6-13-7-5-11(3,8-12)9-13/h10H,4-9,12H2,1-3H3. The quantitative estimate of drug-likeness (QED) is 0.720. The van der Waals surface area contributed by atoms with Gasteiger partial charge in [0.15, 0.2) is 0 Å². The van der Waals surface area contributed by atoms with Crippen LogP contribution in [-0.2, 0) is 0 Å². The molecule has 1 atom stereocenters. The van der Waals surface area contributed by atoms with Gasteiger partial charge in [0.25, 0.3) is 0 Å². The van der Waals surface area contributed by atoms with Gasteiger partial charge in [0.1, 0.15) is 0 Å². The maximum absolute atomic E-state index is 5.76. The Morgan fingerprint density at radius 2 is 2.15 bits per heavy atom. The Balaban J connectivity index is 2.25. The van der Waals surface area contributed by atoms with Gasteiger partial charge in [-0.05, 0) is 43.8 Å². The van der Waals surface area contributed by atoms with E-state index in [9.17, 15) is 0 Å². The number of nitrogens with two attached hydrogens (primary N) is 1. The van der Waals surface area contributed by atoms with E-state index in [2.05, 4.69) is 25.7 Å². The van der Waals surface area contributed by atoms with E-state index < -0.39 is 0 Å². The molecule has 1 unspecified atom stereocenters. The van der Waals surface area contributed by atoms with Crippen LogP contribution in [-0.4, -0.2) is 31.1 Å². The fourth-order valence-corrected chi connectivity index (χ4v) is 1.92. The highest BCUT2D eigenvalue weighted by atomic mass is 15.2. The molecule has 2 heteroatoms. The molecular weight excluding hydrogens is 160 g/mol. The molecule has 1 rings (SSSR count). The van der Waals surface area contributed by atoms with E-state index in [0.29, 0.717) is 5.41 Å². The zero-order valence-corrected chi connectivity index (χ0v) is 9.34. The smallest absolute Gasteiger partial charge is 0.00479 e. The van der Waals surface area contributed by atoms with Crippen LogP contribution in [0.2, 0.25) is 0 Å². The van der Waals surface area contributed by atoms with Crippen molar-refractivity contribution >= 4 is 0 Å². The molecule has 0 aromatic heterocycles. The van der Waals surface area contributed by atoms with E-state index in [4.69, 9.17) is 5.73 Å². The third kappa shape index (κ3) is 3.28. The van der Waals surface area contributed by atoms with Gasteiger partial charge >= 0.3 is 0 Å². The minimum Gasteiger partial charge on any atom is -0.330 e. The molecule has 1 fully saturated rings. The van der Waals surface area contributed by atoms with Crippen molar-refractivity contribution in [1.29, 1.82) is 0 Å². The minimum absolute atomic E-state index is 0.400. The predicted molar refractivity (Wildman–Crippen MR) is 57.7 cm³/mol. The van der Waals surface area contributed by atoms with Crippen molar-refractivity contribution in [1.82, 2.24) is 4.90 Å². The lowest BCUT2D eigenvalue weighted by Gasteiger charge is -2.22. The summed E-state index contributed by atoms with van der Waals surface area (Å²) in [6.07, 6.45) is 2.60. The zero-order chi connectivity index (χ0) is 9.90. The Kier molecular flexibility index (Phi) is 3.74. The van der Waals surface area contributed by atoms with Gasteiger partial charge in [-0.3, -0.25) is 0 Å².